The van der Waals surface area contributed by atoms with E-state index in [0.29, 0.717) is 12.1 Å². The van der Waals surface area contributed by atoms with E-state index in [-0.39, 0.29) is 0 Å². The average Bonchev–Trinajstić information content (AvgIpc) is 3.04. The third kappa shape index (κ3) is 3.25. The van der Waals surface area contributed by atoms with Gasteiger partial charge in [-0.05, 0) is 45.8 Å². The number of hydrogen-bond acceptors (Lipinski definition) is 5. The van der Waals surface area contributed by atoms with Crippen molar-refractivity contribution in [3.05, 3.63) is 11.6 Å². The van der Waals surface area contributed by atoms with Crippen molar-refractivity contribution in [2.75, 3.05) is 45.2 Å². The van der Waals surface area contributed by atoms with Crippen LogP contribution in [0.4, 0.5) is 5.13 Å². The average molecular weight is 308 g/mol. The largest absolute Gasteiger partial charge is 0.340 e. The van der Waals surface area contributed by atoms with Crippen molar-refractivity contribution in [2.45, 2.75) is 38.3 Å². The number of likely N-dealkylation sites (N-methyl/N-ethyl adjacent to an activating group) is 1. The molecule has 3 rings (SSSR count). The molecule has 3 heterocycles. The van der Waals surface area contributed by atoms with Crippen LogP contribution < -0.4 is 4.90 Å². The predicted octanol–water partition coefficient (Wildman–Crippen LogP) is 2.38. The van der Waals surface area contributed by atoms with Crippen molar-refractivity contribution in [3.8, 4) is 0 Å². The fourth-order valence-electron chi connectivity index (χ4n) is 4.17. The monoisotopic (exact) mass is 308 g/mol. The first kappa shape index (κ1) is 15.3. The molecule has 2 fully saturated rings. The topological polar surface area (TPSA) is 22.6 Å². The van der Waals surface area contributed by atoms with E-state index in [1.165, 1.54) is 44.0 Å². The number of anilines is 1. The van der Waals surface area contributed by atoms with Gasteiger partial charge in [-0.2, -0.15) is 0 Å². The molecule has 21 heavy (non-hydrogen) atoms. The Hall–Kier alpha value is -0.650. The zero-order valence-electron chi connectivity index (χ0n) is 13.5. The molecule has 0 aromatic carbocycles. The van der Waals surface area contributed by atoms with Crippen LogP contribution in [0.25, 0.3) is 0 Å². The van der Waals surface area contributed by atoms with Gasteiger partial charge in [-0.1, -0.05) is 6.92 Å². The minimum absolute atomic E-state index is 0.628. The molecule has 2 unspecified atom stereocenters. The van der Waals surface area contributed by atoms with Gasteiger partial charge < -0.3 is 14.7 Å². The standard InChI is InChI=1S/C16H28N4S/c1-4-7-19-8-5-15-13(11-19)10-14(12-18(2)3)20(15)16-17-6-9-21-16/h6,9,13-15H,4-5,7-8,10-12H2,1-3H3/t13?,14-,15?/m0/s1. The number of nitrogens with zero attached hydrogens (tertiary/aromatic N) is 4. The van der Waals surface area contributed by atoms with E-state index >= 15 is 0 Å². The molecular weight excluding hydrogens is 280 g/mol. The fourth-order valence-corrected chi connectivity index (χ4v) is 4.94. The first-order valence-corrected chi connectivity index (χ1v) is 9.12. The highest BCUT2D eigenvalue weighted by Gasteiger charge is 2.44. The summed E-state index contributed by atoms with van der Waals surface area (Å²) >= 11 is 1.80. The van der Waals surface area contributed by atoms with Gasteiger partial charge >= 0.3 is 0 Å². The molecule has 2 aliphatic rings. The van der Waals surface area contributed by atoms with Gasteiger partial charge in [0.2, 0.25) is 0 Å². The highest BCUT2D eigenvalue weighted by molar-refractivity contribution is 7.13. The number of likely N-dealkylation sites (tertiary alicyclic amines) is 1. The van der Waals surface area contributed by atoms with Crippen LogP contribution in [0.2, 0.25) is 0 Å². The zero-order chi connectivity index (χ0) is 14.8. The molecule has 0 spiro atoms. The second-order valence-electron chi connectivity index (χ2n) is 6.79. The number of thiazole rings is 1. The molecule has 2 aliphatic heterocycles. The van der Waals surface area contributed by atoms with Gasteiger partial charge in [-0.25, -0.2) is 4.98 Å². The summed E-state index contributed by atoms with van der Waals surface area (Å²) in [5, 5.41) is 3.35. The van der Waals surface area contributed by atoms with Crippen molar-refractivity contribution in [2.24, 2.45) is 5.92 Å². The van der Waals surface area contributed by atoms with Gasteiger partial charge in [0, 0.05) is 43.3 Å². The van der Waals surface area contributed by atoms with Crippen LogP contribution in [0.3, 0.4) is 0 Å². The van der Waals surface area contributed by atoms with Gasteiger partial charge in [0.1, 0.15) is 0 Å². The van der Waals surface area contributed by atoms with E-state index in [0.717, 1.165) is 12.5 Å². The van der Waals surface area contributed by atoms with Crippen molar-refractivity contribution >= 4 is 16.5 Å². The quantitative estimate of drug-likeness (QED) is 0.833. The lowest BCUT2D eigenvalue weighted by molar-refractivity contribution is 0.168. The molecule has 0 N–H and O–H groups in total. The van der Waals surface area contributed by atoms with E-state index in [1.54, 1.807) is 11.3 Å². The van der Waals surface area contributed by atoms with Crippen LogP contribution in [0.15, 0.2) is 11.6 Å². The molecule has 3 atom stereocenters. The molecule has 1 aromatic rings. The second kappa shape index (κ2) is 6.63. The maximum Gasteiger partial charge on any atom is 0.185 e. The predicted molar refractivity (Wildman–Crippen MR) is 90.2 cm³/mol. The van der Waals surface area contributed by atoms with Crippen LogP contribution in [-0.2, 0) is 0 Å². The van der Waals surface area contributed by atoms with Crippen LogP contribution in [-0.4, -0.2) is 67.1 Å². The third-order valence-corrected chi connectivity index (χ3v) is 5.64. The van der Waals surface area contributed by atoms with Crippen molar-refractivity contribution in [3.63, 3.8) is 0 Å². The molecule has 0 radical (unpaired) electrons. The van der Waals surface area contributed by atoms with Gasteiger partial charge in [-0.15, -0.1) is 11.3 Å². The Balaban J connectivity index is 1.76. The number of fused-ring (bicyclic) bond motifs is 1. The Morgan fingerprint density at radius 2 is 2.29 bits per heavy atom. The van der Waals surface area contributed by atoms with Crippen molar-refractivity contribution in [1.29, 1.82) is 0 Å². The Bertz CT molecular complexity index is 433. The van der Waals surface area contributed by atoms with Crippen molar-refractivity contribution < 1.29 is 0 Å². The first-order valence-electron chi connectivity index (χ1n) is 8.24. The summed E-state index contributed by atoms with van der Waals surface area (Å²) in [6.45, 7) is 7.23. The lowest BCUT2D eigenvalue weighted by Crippen LogP contribution is -2.48. The Morgan fingerprint density at radius 1 is 1.43 bits per heavy atom. The Labute approximate surface area is 132 Å². The normalized spacial score (nSPS) is 30.1. The van der Waals surface area contributed by atoms with E-state index in [1.807, 2.05) is 6.20 Å². The molecule has 0 aliphatic carbocycles. The highest BCUT2D eigenvalue weighted by atomic mass is 32.1. The SMILES string of the molecule is CCCN1CCC2C(C[C@@H](CN(C)C)N2c2nccs2)C1. The second-order valence-corrected chi connectivity index (χ2v) is 7.66. The molecule has 5 heteroatoms. The van der Waals surface area contributed by atoms with Crippen molar-refractivity contribution in [1.82, 2.24) is 14.8 Å². The molecule has 1 aromatic heterocycles. The lowest BCUT2D eigenvalue weighted by Gasteiger charge is -2.38. The van der Waals surface area contributed by atoms with E-state index in [2.05, 4.69) is 46.1 Å². The lowest BCUT2D eigenvalue weighted by atomic mass is 9.92. The number of piperidine rings is 1. The van der Waals surface area contributed by atoms with E-state index < -0.39 is 0 Å². The molecule has 0 saturated carbocycles. The highest BCUT2D eigenvalue weighted by Crippen LogP contribution is 2.39. The molecule has 118 valence electrons. The van der Waals surface area contributed by atoms with E-state index in [9.17, 15) is 0 Å². The summed E-state index contributed by atoms with van der Waals surface area (Å²) in [6, 6.07) is 1.33. The maximum atomic E-state index is 4.61. The smallest absolute Gasteiger partial charge is 0.185 e. The minimum Gasteiger partial charge on any atom is -0.340 e. The van der Waals surface area contributed by atoms with Gasteiger partial charge in [-0.3, -0.25) is 0 Å². The maximum absolute atomic E-state index is 4.61. The molecule has 0 amide bonds. The Morgan fingerprint density at radius 3 is 2.95 bits per heavy atom. The van der Waals surface area contributed by atoms with Crippen LogP contribution in [0.1, 0.15) is 26.2 Å². The molecule has 2 saturated heterocycles. The number of aromatic nitrogens is 1. The summed E-state index contributed by atoms with van der Waals surface area (Å²) < 4.78 is 0. The number of hydrogen-bond donors (Lipinski definition) is 0. The first-order chi connectivity index (χ1) is 10.2. The van der Waals surface area contributed by atoms with Crippen LogP contribution in [0.5, 0.6) is 0 Å². The zero-order valence-corrected chi connectivity index (χ0v) is 14.4. The van der Waals surface area contributed by atoms with Crippen LogP contribution >= 0.6 is 11.3 Å². The number of rotatable bonds is 5. The summed E-state index contributed by atoms with van der Waals surface area (Å²) in [4.78, 5) is 12.3. The van der Waals surface area contributed by atoms with Gasteiger partial charge in [0.25, 0.3) is 0 Å². The summed E-state index contributed by atoms with van der Waals surface area (Å²) in [5.41, 5.74) is 0. The van der Waals surface area contributed by atoms with E-state index in [4.69, 9.17) is 0 Å². The molecule has 0 bridgehead atoms. The van der Waals surface area contributed by atoms with Gasteiger partial charge in [0.05, 0.1) is 0 Å². The summed E-state index contributed by atoms with van der Waals surface area (Å²) in [7, 11) is 4.37. The summed E-state index contributed by atoms with van der Waals surface area (Å²) in [5.74, 6) is 0.819. The van der Waals surface area contributed by atoms with Gasteiger partial charge in [0.15, 0.2) is 5.13 Å². The van der Waals surface area contributed by atoms with Crippen LogP contribution in [0, 0.1) is 5.92 Å². The minimum atomic E-state index is 0.628. The molecular formula is C16H28N4S. The third-order valence-electron chi connectivity index (χ3n) is 4.86. The summed E-state index contributed by atoms with van der Waals surface area (Å²) in [6.07, 6.45) is 5.85. The fraction of sp³-hybridized carbons (Fsp3) is 0.812. The molecule has 4 nitrogen and oxygen atoms in total. The Kier molecular flexibility index (Phi) is 4.82.